The van der Waals surface area contributed by atoms with Crippen LogP contribution in [0.25, 0.3) is 0 Å². The van der Waals surface area contributed by atoms with E-state index >= 15 is 0 Å². The summed E-state index contributed by atoms with van der Waals surface area (Å²) in [6.45, 7) is 3.07. The maximum Gasteiger partial charge on any atom is 0.302 e. The second kappa shape index (κ2) is 5.18. The molecule has 0 heterocycles. The van der Waals surface area contributed by atoms with Gasteiger partial charge in [0.05, 0.1) is 19.0 Å². The Labute approximate surface area is 78.2 Å². The maximum absolute atomic E-state index is 10.6. The van der Waals surface area contributed by atoms with Crippen LogP contribution in [0.3, 0.4) is 0 Å². The van der Waals surface area contributed by atoms with Gasteiger partial charge in [-0.15, -0.1) is 0 Å². The first-order valence-electron chi connectivity index (χ1n) is 3.83. The second-order valence-electron chi connectivity index (χ2n) is 2.74. The Morgan fingerprint density at radius 2 is 2.00 bits per heavy atom. The molecule has 0 spiro atoms. The van der Waals surface area contributed by atoms with E-state index in [0.717, 1.165) is 6.26 Å². The molecule has 6 heteroatoms. The average molecular weight is 210 g/mol. The molecule has 5 nitrogen and oxygen atoms in total. The highest BCUT2D eigenvalue weighted by Crippen LogP contribution is 2.01. The first kappa shape index (κ1) is 12.4. The molecule has 0 aliphatic rings. The predicted molar refractivity (Wildman–Crippen MR) is 46.6 cm³/mol. The second-order valence-corrected chi connectivity index (χ2v) is 4.34. The Bertz CT molecular complexity index is 256. The summed E-state index contributed by atoms with van der Waals surface area (Å²) in [6, 6.07) is 0. The third kappa shape index (κ3) is 9.29. The van der Waals surface area contributed by atoms with E-state index in [1.807, 2.05) is 0 Å². The van der Waals surface area contributed by atoms with Gasteiger partial charge in [-0.1, -0.05) is 0 Å². The SMILES string of the molecule is CC(=O)OCCC(C)OS(C)(=O)=O. The number of carbonyl (C=O) groups is 1. The van der Waals surface area contributed by atoms with Crippen LogP contribution in [0.1, 0.15) is 20.3 Å². The monoisotopic (exact) mass is 210 g/mol. The topological polar surface area (TPSA) is 69.7 Å². The van der Waals surface area contributed by atoms with Crippen molar-refractivity contribution in [1.29, 1.82) is 0 Å². The standard InChI is InChI=1S/C7H14O5S/c1-6(12-13(3,9)10)4-5-11-7(2)8/h6H,4-5H2,1-3H3. The van der Waals surface area contributed by atoms with Gasteiger partial charge in [-0.05, 0) is 6.92 Å². The molecule has 0 fully saturated rings. The Kier molecular flexibility index (Phi) is 4.94. The molecule has 0 saturated carbocycles. The number of hydrogen-bond donors (Lipinski definition) is 0. The van der Waals surface area contributed by atoms with Crippen molar-refractivity contribution in [2.24, 2.45) is 0 Å². The molecule has 0 aliphatic carbocycles. The zero-order chi connectivity index (χ0) is 10.5. The Morgan fingerprint density at radius 1 is 1.46 bits per heavy atom. The number of carbonyl (C=O) groups excluding carboxylic acids is 1. The van der Waals surface area contributed by atoms with Gasteiger partial charge in [0.25, 0.3) is 10.1 Å². The third-order valence-electron chi connectivity index (χ3n) is 1.17. The minimum atomic E-state index is -3.41. The molecule has 0 aromatic carbocycles. The molecule has 0 saturated heterocycles. The van der Waals surface area contributed by atoms with Gasteiger partial charge >= 0.3 is 5.97 Å². The van der Waals surface area contributed by atoms with E-state index in [-0.39, 0.29) is 12.6 Å². The lowest BCUT2D eigenvalue weighted by atomic mass is 10.3. The van der Waals surface area contributed by atoms with Gasteiger partial charge in [0.2, 0.25) is 0 Å². The summed E-state index contributed by atoms with van der Waals surface area (Å²) in [5.74, 6) is -0.383. The summed E-state index contributed by atoms with van der Waals surface area (Å²) in [5, 5.41) is 0. The van der Waals surface area contributed by atoms with E-state index in [9.17, 15) is 13.2 Å². The molecule has 0 rings (SSSR count). The molecule has 13 heavy (non-hydrogen) atoms. The fourth-order valence-electron chi connectivity index (χ4n) is 0.715. The van der Waals surface area contributed by atoms with Gasteiger partial charge in [0.1, 0.15) is 0 Å². The van der Waals surface area contributed by atoms with Crippen molar-refractivity contribution in [3.8, 4) is 0 Å². The number of esters is 1. The molecule has 0 amide bonds. The molecule has 0 radical (unpaired) electrons. The van der Waals surface area contributed by atoms with Crippen LogP contribution in [0.2, 0.25) is 0 Å². The smallest absolute Gasteiger partial charge is 0.302 e. The Hall–Kier alpha value is -0.620. The number of ether oxygens (including phenoxy) is 1. The Balaban J connectivity index is 3.64. The lowest BCUT2D eigenvalue weighted by molar-refractivity contribution is -0.141. The zero-order valence-electron chi connectivity index (χ0n) is 7.94. The highest BCUT2D eigenvalue weighted by Gasteiger charge is 2.10. The molecule has 0 bridgehead atoms. The number of rotatable bonds is 5. The van der Waals surface area contributed by atoms with Crippen LogP contribution < -0.4 is 0 Å². The van der Waals surface area contributed by atoms with Gasteiger partial charge in [-0.25, -0.2) is 0 Å². The van der Waals surface area contributed by atoms with Crippen LogP contribution in [0.4, 0.5) is 0 Å². The molecule has 0 aromatic rings. The first-order chi connectivity index (χ1) is 5.81. The third-order valence-corrected chi connectivity index (χ3v) is 1.85. The minimum Gasteiger partial charge on any atom is -0.466 e. The van der Waals surface area contributed by atoms with Crippen molar-refractivity contribution >= 4 is 16.1 Å². The van der Waals surface area contributed by atoms with Gasteiger partial charge in [-0.2, -0.15) is 8.42 Å². The first-order valence-corrected chi connectivity index (χ1v) is 5.64. The normalized spacial score (nSPS) is 13.8. The van der Waals surface area contributed by atoms with Gasteiger partial charge in [0.15, 0.2) is 0 Å². The van der Waals surface area contributed by atoms with Crippen LogP contribution in [0, 0.1) is 0 Å². The highest BCUT2D eigenvalue weighted by molar-refractivity contribution is 7.86. The van der Waals surface area contributed by atoms with Gasteiger partial charge < -0.3 is 4.74 Å². The number of hydrogen-bond acceptors (Lipinski definition) is 5. The molecule has 0 N–H and O–H groups in total. The molecular weight excluding hydrogens is 196 g/mol. The van der Waals surface area contributed by atoms with Crippen molar-refractivity contribution < 1.29 is 22.1 Å². The fraction of sp³-hybridized carbons (Fsp3) is 0.857. The van der Waals surface area contributed by atoms with Crippen molar-refractivity contribution in [3.05, 3.63) is 0 Å². The van der Waals surface area contributed by atoms with Crippen LogP contribution in [-0.2, 0) is 23.8 Å². The summed E-state index contributed by atoms with van der Waals surface area (Å²) < 4.78 is 30.4. The van der Waals surface area contributed by atoms with Crippen molar-refractivity contribution in [3.63, 3.8) is 0 Å². The van der Waals surface area contributed by atoms with E-state index in [1.165, 1.54) is 6.92 Å². The lowest BCUT2D eigenvalue weighted by Crippen LogP contribution is -2.16. The molecule has 0 aromatic heterocycles. The molecular formula is C7H14O5S. The van der Waals surface area contributed by atoms with E-state index in [0.29, 0.717) is 6.42 Å². The highest BCUT2D eigenvalue weighted by atomic mass is 32.2. The quantitative estimate of drug-likeness (QED) is 0.482. The van der Waals surface area contributed by atoms with Gasteiger partial charge in [-0.3, -0.25) is 8.98 Å². The molecule has 78 valence electrons. The van der Waals surface area contributed by atoms with Crippen LogP contribution in [-0.4, -0.2) is 33.4 Å². The Morgan fingerprint density at radius 3 is 2.38 bits per heavy atom. The van der Waals surface area contributed by atoms with E-state index < -0.39 is 16.2 Å². The summed E-state index contributed by atoms with van der Waals surface area (Å²) in [4.78, 5) is 10.3. The zero-order valence-corrected chi connectivity index (χ0v) is 8.76. The van der Waals surface area contributed by atoms with Crippen molar-refractivity contribution in [2.45, 2.75) is 26.4 Å². The van der Waals surface area contributed by atoms with E-state index in [4.69, 9.17) is 0 Å². The van der Waals surface area contributed by atoms with Gasteiger partial charge in [0, 0.05) is 13.3 Å². The van der Waals surface area contributed by atoms with Crippen LogP contribution in [0.15, 0.2) is 0 Å². The lowest BCUT2D eigenvalue weighted by Gasteiger charge is -2.09. The summed E-state index contributed by atoms with van der Waals surface area (Å²) in [6.07, 6.45) is 0.886. The average Bonchev–Trinajstić information content (AvgIpc) is 1.81. The minimum absolute atomic E-state index is 0.173. The molecule has 1 atom stereocenters. The summed E-state index contributed by atoms with van der Waals surface area (Å²) in [5.41, 5.74) is 0. The fourth-order valence-corrected chi connectivity index (χ4v) is 1.41. The van der Waals surface area contributed by atoms with E-state index in [1.54, 1.807) is 6.92 Å². The van der Waals surface area contributed by atoms with Crippen molar-refractivity contribution in [2.75, 3.05) is 12.9 Å². The van der Waals surface area contributed by atoms with Crippen molar-refractivity contribution in [1.82, 2.24) is 0 Å². The molecule has 0 aliphatic heterocycles. The predicted octanol–water partition coefficient (Wildman–Crippen LogP) is 0.304. The summed E-state index contributed by atoms with van der Waals surface area (Å²) in [7, 11) is -3.41. The largest absolute Gasteiger partial charge is 0.466 e. The van der Waals surface area contributed by atoms with Crippen LogP contribution in [0.5, 0.6) is 0 Å². The summed E-state index contributed by atoms with van der Waals surface area (Å²) >= 11 is 0. The van der Waals surface area contributed by atoms with E-state index in [2.05, 4.69) is 8.92 Å². The maximum atomic E-state index is 10.6. The van der Waals surface area contributed by atoms with Crippen LogP contribution >= 0.6 is 0 Å². The molecule has 1 unspecified atom stereocenters.